The number of nitro groups is 1. The Bertz CT molecular complexity index is 735. The minimum atomic E-state index is -0.984. The van der Waals surface area contributed by atoms with Crippen molar-refractivity contribution < 1.29 is 13.7 Å². The van der Waals surface area contributed by atoms with Crippen LogP contribution in [0.5, 0.6) is 0 Å². The molecular weight excluding hydrogens is 298 g/mol. The van der Waals surface area contributed by atoms with Crippen molar-refractivity contribution in [1.82, 2.24) is 0 Å². The third kappa shape index (κ3) is 3.38. The van der Waals surface area contributed by atoms with Gasteiger partial charge < -0.3 is 5.32 Å². The average Bonchev–Trinajstić information content (AvgIpc) is 2.42. The molecule has 4 nitrogen and oxygen atoms in total. The second kappa shape index (κ2) is 5.92. The first-order valence-electron chi connectivity index (χ1n) is 5.90. The van der Waals surface area contributed by atoms with Crippen LogP contribution in [0.4, 0.5) is 20.2 Å². The van der Waals surface area contributed by atoms with Gasteiger partial charge in [-0.2, -0.15) is 0 Å². The van der Waals surface area contributed by atoms with Gasteiger partial charge in [0.1, 0.15) is 4.99 Å². The number of anilines is 1. The molecule has 7 heteroatoms. The van der Waals surface area contributed by atoms with E-state index >= 15 is 0 Å². The molecule has 0 fully saturated rings. The van der Waals surface area contributed by atoms with E-state index < -0.39 is 16.6 Å². The normalized spacial score (nSPS) is 10.2. The first-order valence-corrected chi connectivity index (χ1v) is 6.31. The van der Waals surface area contributed by atoms with Gasteiger partial charge in [0.15, 0.2) is 11.6 Å². The van der Waals surface area contributed by atoms with Crippen molar-refractivity contribution >= 4 is 28.6 Å². The molecule has 0 radical (unpaired) electrons. The fourth-order valence-corrected chi connectivity index (χ4v) is 2.02. The summed E-state index contributed by atoms with van der Waals surface area (Å²) in [6.07, 6.45) is 0. The van der Waals surface area contributed by atoms with Crippen LogP contribution in [0.15, 0.2) is 36.4 Å². The Labute approximate surface area is 124 Å². The van der Waals surface area contributed by atoms with Crippen molar-refractivity contribution in [1.29, 1.82) is 0 Å². The lowest BCUT2D eigenvalue weighted by atomic mass is 10.1. The molecule has 0 unspecified atom stereocenters. The van der Waals surface area contributed by atoms with Crippen molar-refractivity contribution in [3.8, 4) is 0 Å². The molecule has 0 aliphatic rings. The first-order chi connectivity index (χ1) is 9.88. The summed E-state index contributed by atoms with van der Waals surface area (Å²) in [6.45, 7) is 1.60. The summed E-state index contributed by atoms with van der Waals surface area (Å²) in [5.74, 6) is -1.93. The lowest BCUT2D eigenvalue weighted by Gasteiger charge is -2.09. The maximum atomic E-state index is 13.1. The average molecular weight is 308 g/mol. The molecule has 0 spiro atoms. The Morgan fingerprint density at radius 2 is 1.90 bits per heavy atom. The molecule has 2 aromatic rings. The number of nitrogens with zero attached hydrogens (tertiary/aromatic N) is 1. The van der Waals surface area contributed by atoms with Gasteiger partial charge in [-0.1, -0.05) is 12.2 Å². The molecule has 0 amide bonds. The minimum absolute atomic E-state index is 0.00521. The van der Waals surface area contributed by atoms with E-state index in [0.717, 1.165) is 12.1 Å². The molecule has 0 aliphatic heterocycles. The third-order valence-electron chi connectivity index (χ3n) is 2.83. The molecule has 0 heterocycles. The van der Waals surface area contributed by atoms with Gasteiger partial charge in [0.05, 0.1) is 4.92 Å². The first kappa shape index (κ1) is 15.0. The summed E-state index contributed by atoms with van der Waals surface area (Å²) in [6, 6.07) is 7.74. The number of aryl methyl sites for hydroxylation is 1. The van der Waals surface area contributed by atoms with Crippen LogP contribution in [-0.4, -0.2) is 9.91 Å². The molecule has 0 saturated heterocycles. The van der Waals surface area contributed by atoms with Crippen LogP contribution < -0.4 is 5.32 Å². The quantitative estimate of drug-likeness (QED) is 0.529. The smallest absolute Gasteiger partial charge is 0.272 e. The number of benzene rings is 2. The summed E-state index contributed by atoms with van der Waals surface area (Å²) < 4.78 is 25.9. The van der Waals surface area contributed by atoms with Crippen molar-refractivity contribution in [3.05, 3.63) is 69.3 Å². The number of nitrogens with one attached hydrogen (secondary N) is 1. The molecule has 2 rings (SSSR count). The number of thiocarbonyl (C=S) groups is 1. The highest BCUT2D eigenvalue weighted by Crippen LogP contribution is 2.20. The van der Waals surface area contributed by atoms with Crippen LogP contribution in [0.1, 0.15) is 11.1 Å². The lowest BCUT2D eigenvalue weighted by Crippen LogP contribution is -2.11. The van der Waals surface area contributed by atoms with Gasteiger partial charge in [-0.25, -0.2) is 8.78 Å². The number of hydrogen-bond donors (Lipinski definition) is 1. The van der Waals surface area contributed by atoms with Crippen molar-refractivity contribution in [3.63, 3.8) is 0 Å². The summed E-state index contributed by atoms with van der Waals surface area (Å²) in [5.41, 5.74) is 1.31. The number of nitro benzene ring substituents is 1. The summed E-state index contributed by atoms with van der Waals surface area (Å²) in [7, 11) is 0. The van der Waals surface area contributed by atoms with Crippen molar-refractivity contribution in [2.75, 3.05) is 5.32 Å². The molecular formula is C14H10F2N2O2S. The highest BCUT2D eigenvalue weighted by molar-refractivity contribution is 7.81. The standard InChI is InChI=1S/C14H10F2N2O2S/c1-8-6-9(2-5-13(8)18(19)20)14(21)17-10-3-4-11(15)12(16)7-10/h2-7H,1H3,(H,17,21). The van der Waals surface area contributed by atoms with Crippen LogP contribution in [0.25, 0.3) is 0 Å². The number of halogens is 2. The molecule has 0 aromatic heterocycles. The van der Waals surface area contributed by atoms with E-state index in [4.69, 9.17) is 12.2 Å². The Morgan fingerprint density at radius 3 is 2.48 bits per heavy atom. The van der Waals surface area contributed by atoms with Crippen molar-refractivity contribution in [2.24, 2.45) is 0 Å². The zero-order chi connectivity index (χ0) is 15.6. The van der Waals surface area contributed by atoms with Crippen molar-refractivity contribution in [2.45, 2.75) is 6.92 Å². The summed E-state index contributed by atoms with van der Waals surface area (Å²) in [5, 5.41) is 13.5. The van der Waals surface area contributed by atoms with Crippen LogP contribution in [0.3, 0.4) is 0 Å². The van der Waals surface area contributed by atoms with Gasteiger partial charge in [0.25, 0.3) is 5.69 Å². The van der Waals surface area contributed by atoms with E-state index in [9.17, 15) is 18.9 Å². The van der Waals surface area contributed by atoms with E-state index in [-0.39, 0.29) is 10.7 Å². The molecule has 0 saturated carbocycles. The maximum Gasteiger partial charge on any atom is 0.272 e. The molecule has 0 aliphatic carbocycles. The summed E-state index contributed by atoms with van der Waals surface area (Å²) in [4.78, 5) is 10.5. The Hall–Kier alpha value is -2.41. The molecule has 21 heavy (non-hydrogen) atoms. The fourth-order valence-electron chi connectivity index (χ4n) is 1.78. The summed E-state index contributed by atoms with van der Waals surface area (Å²) >= 11 is 5.15. The number of hydrogen-bond acceptors (Lipinski definition) is 3. The van der Waals surface area contributed by atoms with Crippen LogP contribution in [0, 0.1) is 28.7 Å². The molecule has 0 bridgehead atoms. The predicted molar refractivity (Wildman–Crippen MR) is 79.5 cm³/mol. The van der Waals surface area contributed by atoms with Gasteiger partial charge >= 0.3 is 0 Å². The largest absolute Gasteiger partial charge is 0.346 e. The monoisotopic (exact) mass is 308 g/mol. The van der Waals surface area contributed by atoms with Gasteiger partial charge in [0.2, 0.25) is 0 Å². The van der Waals surface area contributed by atoms with Gasteiger partial charge in [-0.05, 0) is 31.2 Å². The second-order valence-electron chi connectivity index (χ2n) is 4.34. The fraction of sp³-hybridized carbons (Fsp3) is 0.0714. The van der Waals surface area contributed by atoms with E-state index in [1.165, 1.54) is 18.2 Å². The Balaban J connectivity index is 2.22. The van der Waals surface area contributed by atoms with E-state index in [1.807, 2.05) is 0 Å². The lowest BCUT2D eigenvalue weighted by molar-refractivity contribution is -0.385. The van der Waals surface area contributed by atoms with E-state index in [2.05, 4.69) is 5.32 Å². The molecule has 2 aromatic carbocycles. The zero-order valence-corrected chi connectivity index (χ0v) is 11.7. The van der Waals surface area contributed by atoms with Crippen LogP contribution in [-0.2, 0) is 0 Å². The minimum Gasteiger partial charge on any atom is -0.346 e. The second-order valence-corrected chi connectivity index (χ2v) is 4.75. The topological polar surface area (TPSA) is 55.2 Å². The van der Waals surface area contributed by atoms with Gasteiger partial charge in [-0.15, -0.1) is 0 Å². The SMILES string of the molecule is Cc1cc(C(=S)Nc2ccc(F)c(F)c2)ccc1[N+](=O)[O-]. The van der Waals surface area contributed by atoms with E-state index in [1.54, 1.807) is 13.0 Å². The molecule has 108 valence electrons. The highest BCUT2D eigenvalue weighted by atomic mass is 32.1. The Morgan fingerprint density at radius 1 is 1.19 bits per heavy atom. The third-order valence-corrected chi connectivity index (χ3v) is 3.17. The molecule has 0 atom stereocenters. The highest BCUT2D eigenvalue weighted by Gasteiger charge is 2.12. The number of rotatable bonds is 3. The van der Waals surface area contributed by atoms with E-state index in [0.29, 0.717) is 16.8 Å². The van der Waals surface area contributed by atoms with Crippen LogP contribution >= 0.6 is 12.2 Å². The van der Waals surface area contributed by atoms with Gasteiger partial charge in [-0.3, -0.25) is 10.1 Å². The molecule has 1 N–H and O–H groups in total. The zero-order valence-electron chi connectivity index (χ0n) is 10.9. The van der Waals surface area contributed by atoms with Gasteiger partial charge in [0, 0.05) is 28.9 Å². The van der Waals surface area contributed by atoms with Crippen LogP contribution in [0.2, 0.25) is 0 Å². The maximum absolute atomic E-state index is 13.1. The Kier molecular flexibility index (Phi) is 4.23. The predicted octanol–water partition coefficient (Wildman–Crippen LogP) is 3.97.